The van der Waals surface area contributed by atoms with E-state index in [1.807, 2.05) is 0 Å². The van der Waals surface area contributed by atoms with Crippen LogP contribution in [-0.2, 0) is 11.0 Å². The minimum absolute atomic E-state index is 0.187. The van der Waals surface area contributed by atoms with Gasteiger partial charge < -0.3 is 10.4 Å². The van der Waals surface area contributed by atoms with E-state index in [9.17, 15) is 31.5 Å². The van der Waals surface area contributed by atoms with Crippen LogP contribution in [0.2, 0.25) is 0 Å². The number of rotatable bonds is 5. The molecule has 122 valence electrons. The molecule has 0 bridgehead atoms. The van der Waals surface area contributed by atoms with Gasteiger partial charge in [-0.2, -0.15) is 13.2 Å². The Morgan fingerprint density at radius 3 is 2.36 bits per heavy atom. The quantitative estimate of drug-likeness (QED) is 0.802. The third-order valence-electron chi connectivity index (χ3n) is 2.36. The molecular weight excluding hydrogens is 317 g/mol. The van der Waals surface area contributed by atoms with Crippen molar-refractivity contribution in [3.8, 4) is 0 Å². The van der Waals surface area contributed by atoms with Crippen LogP contribution in [0.3, 0.4) is 0 Å². The number of carboxylic acids is 1. The number of hydrogen-bond acceptors (Lipinski definition) is 4. The molecule has 22 heavy (non-hydrogen) atoms. The number of hydrogen-bond donors (Lipinski definition) is 2. The van der Waals surface area contributed by atoms with Crippen LogP contribution in [0.1, 0.15) is 28.4 Å². The fourth-order valence-electron chi connectivity index (χ4n) is 1.44. The predicted octanol–water partition coefficient (Wildman–Crippen LogP) is 1.64. The first-order valence-corrected chi connectivity index (χ1v) is 5.75. The van der Waals surface area contributed by atoms with Gasteiger partial charge in [-0.3, -0.25) is 4.79 Å². The SMILES string of the molecule is Cc1cc(C(=O)NC(CC(F)F)C(=O)O)nc(C(F)(F)F)n1. The van der Waals surface area contributed by atoms with Gasteiger partial charge in [-0.25, -0.2) is 23.5 Å². The van der Waals surface area contributed by atoms with Gasteiger partial charge in [-0.05, 0) is 13.0 Å². The van der Waals surface area contributed by atoms with E-state index in [4.69, 9.17) is 5.11 Å². The van der Waals surface area contributed by atoms with E-state index in [0.29, 0.717) is 0 Å². The summed E-state index contributed by atoms with van der Waals surface area (Å²) in [6.45, 7) is 1.17. The van der Waals surface area contributed by atoms with Crippen molar-refractivity contribution >= 4 is 11.9 Å². The summed E-state index contributed by atoms with van der Waals surface area (Å²) in [7, 11) is 0. The van der Waals surface area contributed by atoms with E-state index in [0.717, 1.165) is 6.07 Å². The van der Waals surface area contributed by atoms with Crippen LogP contribution in [0.5, 0.6) is 0 Å². The molecule has 0 radical (unpaired) electrons. The molecular formula is C11H10F5N3O3. The molecule has 1 amide bonds. The van der Waals surface area contributed by atoms with Crippen LogP contribution < -0.4 is 5.32 Å². The molecule has 0 aliphatic carbocycles. The first-order chi connectivity index (χ1) is 10.0. The molecule has 0 aliphatic rings. The summed E-state index contributed by atoms with van der Waals surface area (Å²) in [4.78, 5) is 28.5. The average Bonchev–Trinajstić information content (AvgIpc) is 2.35. The standard InChI is InChI=1S/C11H10F5N3O3/c1-4-2-5(19-10(17-4)11(14,15)16)8(20)18-6(9(21)22)3-7(12)13/h2,6-7H,3H2,1H3,(H,18,20)(H,21,22). The van der Waals surface area contributed by atoms with Gasteiger partial charge in [0.2, 0.25) is 12.2 Å². The average molecular weight is 327 g/mol. The molecule has 11 heteroatoms. The normalized spacial score (nSPS) is 13.0. The molecule has 1 aromatic heterocycles. The maximum Gasteiger partial charge on any atom is 0.451 e. The lowest BCUT2D eigenvalue weighted by Crippen LogP contribution is -2.42. The molecule has 0 spiro atoms. The molecule has 1 atom stereocenters. The van der Waals surface area contributed by atoms with E-state index in [2.05, 4.69) is 9.97 Å². The zero-order chi connectivity index (χ0) is 17.1. The fraction of sp³-hybridized carbons (Fsp3) is 0.455. The zero-order valence-electron chi connectivity index (χ0n) is 11.0. The Balaban J connectivity index is 3.02. The second-order valence-electron chi connectivity index (χ2n) is 4.21. The molecule has 1 unspecified atom stereocenters. The summed E-state index contributed by atoms with van der Waals surface area (Å²) < 4.78 is 62.0. The Morgan fingerprint density at radius 2 is 1.91 bits per heavy atom. The fourth-order valence-corrected chi connectivity index (χ4v) is 1.44. The summed E-state index contributed by atoms with van der Waals surface area (Å²) in [6, 6.07) is -1.07. The summed E-state index contributed by atoms with van der Waals surface area (Å²) >= 11 is 0. The molecule has 0 saturated carbocycles. The van der Waals surface area contributed by atoms with Gasteiger partial charge in [0.05, 0.1) is 0 Å². The van der Waals surface area contributed by atoms with Crippen LogP contribution in [0.4, 0.5) is 22.0 Å². The number of aliphatic carboxylic acids is 1. The van der Waals surface area contributed by atoms with Crippen molar-refractivity contribution in [2.24, 2.45) is 0 Å². The van der Waals surface area contributed by atoms with Gasteiger partial charge in [0.1, 0.15) is 11.7 Å². The first kappa shape index (κ1) is 17.7. The summed E-state index contributed by atoms with van der Waals surface area (Å²) in [6.07, 6.45) is -9.10. The molecule has 0 aromatic carbocycles. The van der Waals surface area contributed by atoms with Crippen LogP contribution in [-0.4, -0.2) is 39.4 Å². The van der Waals surface area contributed by atoms with E-state index < -0.39 is 48.5 Å². The van der Waals surface area contributed by atoms with Crippen molar-refractivity contribution in [1.82, 2.24) is 15.3 Å². The maximum atomic E-state index is 12.5. The van der Waals surface area contributed by atoms with Crippen molar-refractivity contribution in [3.05, 3.63) is 23.3 Å². The highest BCUT2D eigenvalue weighted by Gasteiger charge is 2.36. The minimum atomic E-state index is -4.91. The highest BCUT2D eigenvalue weighted by molar-refractivity contribution is 5.95. The Bertz CT molecular complexity index is 577. The third kappa shape index (κ3) is 4.90. The third-order valence-corrected chi connectivity index (χ3v) is 2.36. The number of amides is 1. The number of carboxylic acid groups (broad SMARTS) is 1. The van der Waals surface area contributed by atoms with Crippen LogP contribution in [0.15, 0.2) is 6.07 Å². The van der Waals surface area contributed by atoms with Gasteiger partial charge in [0, 0.05) is 12.1 Å². The van der Waals surface area contributed by atoms with Crippen molar-refractivity contribution in [2.45, 2.75) is 32.0 Å². The number of nitrogens with one attached hydrogen (secondary N) is 1. The maximum absolute atomic E-state index is 12.5. The molecule has 2 N–H and O–H groups in total. The second-order valence-corrected chi connectivity index (χ2v) is 4.21. The summed E-state index contributed by atoms with van der Waals surface area (Å²) in [5, 5.41) is 10.4. The van der Waals surface area contributed by atoms with E-state index in [-0.39, 0.29) is 5.69 Å². The number of alkyl halides is 5. The van der Waals surface area contributed by atoms with Crippen molar-refractivity contribution in [1.29, 1.82) is 0 Å². The number of nitrogens with zero attached hydrogens (tertiary/aromatic N) is 2. The lowest BCUT2D eigenvalue weighted by Gasteiger charge is -2.14. The highest BCUT2D eigenvalue weighted by Crippen LogP contribution is 2.26. The van der Waals surface area contributed by atoms with Gasteiger partial charge in [0.15, 0.2) is 0 Å². The van der Waals surface area contributed by atoms with Gasteiger partial charge >= 0.3 is 12.1 Å². The molecule has 1 aromatic rings. The number of aryl methyl sites for hydroxylation is 1. The number of carbonyl (C=O) groups excluding carboxylic acids is 1. The van der Waals surface area contributed by atoms with E-state index in [1.54, 1.807) is 5.32 Å². The van der Waals surface area contributed by atoms with Gasteiger partial charge in [-0.15, -0.1) is 0 Å². The summed E-state index contributed by atoms with van der Waals surface area (Å²) in [5.41, 5.74) is -0.950. The lowest BCUT2D eigenvalue weighted by atomic mass is 10.2. The minimum Gasteiger partial charge on any atom is -0.480 e. The molecule has 0 fully saturated rings. The first-order valence-electron chi connectivity index (χ1n) is 5.75. The van der Waals surface area contributed by atoms with Crippen molar-refractivity contribution in [3.63, 3.8) is 0 Å². The van der Waals surface area contributed by atoms with E-state index in [1.165, 1.54) is 6.92 Å². The molecule has 0 aliphatic heterocycles. The monoisotopic (exact) mass is 327 g/mol. The lowest BCUT2D eigenvalue weighted by molar-refractivity contribution is -0.145. The topological polar surface area (TPSA) is 92.2 Å². The Morgan fingerprint density at radius 1 is 1.32 bits per heavy atom. The van der Waals surface area contributed by atoms with Gasteiger partial charge in [0.25, 0.3) is 5.91 Å². The number of carbonyl (C=O) groups is 2. The smallest absolute Gasteiger partial charge is 0.451 e. The molecule has 6 nitrogen and oxygen atoms in total. The highest BCUT2D eigenvalue weighted by atomic mass is 19.4. The molecule has 1 rings (SSSR count). The molecule has 0 saturated heterocycles. The van der Waals surface area contributed by atoms with Crippen molar-refractivity contribution in [2.75, 3.05) is 0 Å². The Hall–Kier alpha value is -2.33. The number of halogens is 5. The van der Waals surface area contributed by atoms with E-state index >= 15 is 0 Å². The second kappa shape index (κ2) is 6.62. The molecule has 1 heterocycles. The van der Waals surface area contributed by atoms with Crippen LogP contribution in [0, 0.1) is 6.92 Å². The summed E-state index contributed by atoms with van der Waals surface area (Å²) in [5.74, 6) is -4.64. The number of aromatic nitrogens is 2. The van der Waals surface area contributed by atoms with Crippen LogP contribution >= 0.6 is 0 Å². The van der Waals surface area contributed by atoms with Gasteiger partial charge in [-0.1, -0.05) is 0 Å². The Labute approximate surface area is 120 Å². The largest absolute Gasteiger partial charge is 0.480 e. The van der Waals surface area contributed by atoms with Crippen LogP contribution in [0.25, 0.3) is 0 Å². The zero-order valence-corrected chi connectivity index (χ0v) is 11.0. The predicted molar refractivity (Wildman–Crippen MR) is 61.3 cm³/mol. The Kier molecular flexibility index (Phi) is 5.33. The van der Waals surface area contributed by atoms with Crippen molar-refractivity contribution < 1.29 is 36.6 Å².